The summed E-state index contributed by atoms with van der Waals surface area (Å²) in [4.78, 5) is 4.35. The molecule has 3 heteroatoms. The van der Waals surface area contributed by atoms with E-state index in [0.717, 1.165) is 17.2 Å². The summed E-state index contributed by atoms with van der Waals surface area (Å²) in [5.74, 6) is 0.883. The van der Waals surface area contributed by atoms with Crippen molar-refractivity contribution in [3.8, 4) is 0 Å². The van der Waals surface area contributed by atoms with E-state index in [0.29, 0.717) is 0 Å². The fraction of sp³-hybridized carbons (Fsp3) is 0.667. The van der Waals surface area contributed by atoms with Crippen molar-refractivity contribution in [2.45, 2.75) is 48.3 Å². The molecule has 0 radical (unpaired) electrons. The van der Waals surface area contributed by atoms with Crippen molar-refractivity contribution < 1.29 is 0 Å². The Hall–Kier alpha value is -0.510. The van der Waals surface area contributed by atoms with E-state index in [-0.39, 0.29) is 0 Å². The molecular weight excluding hydrogens is 276 g/mol. The van der Waals surface area contributed by atoms with E-state index in [4.69, 9.17) is 0 Å². The van der Waals surface area contributed by atoms with E-state index >= 15 is 0 Å². The van der Waals surface area contributed by atoms with Crippen molar-refractivity contribution in [1.29, 1.82) is 0 Å². The SMILES string of the molecule is c1ccc2c(c1)CC(CN(CC1CCCNC1)C1CC1)S2. The highest BCUT2D eigenvalue weighted by Gasteiger charge is 2.34. The Morgan fingerprint density at radius 3 is 2.81 bits per heavy atom. The molecule has 2 heterocycles. The van der Waals surface area contributed by atoms with Gasteiger partial charge in [0.15, 0.2) is 0 Å². The van der Waals surface area contributed by atoms with Gasteiger partial charge in [-0.3, -0.25) is 4.90 Å². The van der Waals surface area contributed by atoms with Crippen LogP contribution in [0.1, 0.15) is 31.2 Å². The molecule has 21 heavy (non-hydrogen) atoms. The molecule has 0 spiro atoms. The van der Waals surface area contributed by atoms with Gasteiger partial charge in [0.25, 0.3) is 0 Å². The van der Waals surface area contributed by atoms with Crippen molar-refractivity contribution in [3.05, 3.63) is 29.8 Å². The molecule has 1 saturated heterocycles. The Balaban J connectivity index is 1.35. The second kappa shape index (κ2) is 6.31. The molecule has 3 aliphatic rings. The quantitative estimate of drug-likeness (QED) is 0.899. The molecule has 1 aromatic rings. The Bertz CT molecular complexity index is 455. The lowest BCUT2D eigenvalue weighted by atomic mass is 9.98. The van der Waals surface area contributed by atoms with Crippen molar-refractivity contribution >= 4 is 11.8 Å². The number of piperidine rings is 1. The second-order valence-corrected chi connectivity index (χ2v) is 8.29. The summed E-state index contributed by atoms with van der Waals surface area (Å²) in [6.45, 7) is 5.08. The van der Waals surface area contributed by atoms with Crippen LogP contribution in [0.25, 0.3) is 0 Å². The van der Waals surface area contributed by atoms with E-state index < -0.39 is 0 Å². The molecule has 2 nitrogen and oxygen atoms in total. The first-order chi connectivity index (χ1) is 10.4. The van der Waals surface area contributed by atoms with Gasteiger partial charge >= 0.3 is 0 Å². The van der Waals surface area contributed by atoms with Crippen LogP contribution in [0.15, 0.2) is 29.2 Å². The molecule has 2 aliphatic heterocycles. The number of benzene rings is 1. The largest absolute Gasteiger partial charge is 0.316 e. The van der Waals surface area contributed by atoms with E-state index in [1.165, 1.54) is 63.2 Å². The number of fused-ring (bicyclic) bond motifs is 1. The average molecular weight is 302 g/mol. The molecular formula is C18H26N2S. The lowest BCUT2D eigenvalue weighted by molar-refractivity contribution is 0.200. The maximum Gasteiger partial charge on any atom is 0.0263 e. The normalized spacial score (nSPS) is 28.8. The fourth-order valence-electron chi connectivity index (χ4n) is 3.84. The fourth-order valence-corrected chi connectivity index (χ4v) is 5.19. The molecule has 1 aromatic carbocycles. The van der Waals surface area contributed by atoms with Crippen LogP contribution in [0, 0.1) is 5.92 Å². The third-order valence-corrected chi connectivity index (χ3v) is 6.41. The molecule has 1 N–H and O–H groups in total. The van der Waals surface area contributed by atoms with Crippen molar-refractivity contribution in [1.82, 2.24) is 10.2 Å². The zero-order valence-electron chi connectivity index (χ0n) is 12.8. The van der Waals surface area contributed by atoms with Crippen LogP contribution >= 0.6 is 11.8 Å². The van der Waals surface area contributed by atoms with E-state index in [9.17, 15) is 0 Å². The Morgan fingerprint density at radius 1 is 1.14 bits per heavy atom. The van der Waals surface area contributed by atoms with Crippen molar-refractivity contribution in [2.24, 2.45) is 5.92 Å². The minimum atomic E-state index is 0.777. The highest BCUT2D eigenvalue weighted by Crippen LogP contribution is 2.39. The van der Waals surface area contributed by atoms with Gasteiger partial charge in [-0.1, -0.05) is 18.2 Å². The molecule has 2 atom stereocenters. The number of thioether (sulfide) groups is 1. The summed E-state index contributed by atoms with van der Waals surface area (Å²) in [6.07, 6.45) is 6.93. The standard InChI is InChI=1S/C18H26N2S/c1-2-6-18-15(5-1)10-17(21-18)13-20(16-7-8-16)12-14-4-3-9-19-11-14/h1-2,5-6,14,16-17,19H,3-4,7-13H2. The van der Waals surface area contributed by atoms with Gasteiger partial charge in [0.2, 0.25) is 0 Å². The van der Waals surface area contributed by atoms with Crippen LogP contribution in [0.3, 0.4) is 0 Å². The third-order valence-electron chi connectivity index (χ3n) is 5.11. The summed E-state index contributed by atoms with van der Waals surface area (Å²) in [7, 11) is 0. The summed E-state index contributed by atoms with van der Waals surface area (Å²) in [5, 5.41) is 4.35. The maximum absolute atomic E-state index is 3.58. The van der Waals surface area contributed by atoms with Gasteiger partial charge in [-0.25, -0.2) is 0 Å². The van der Waals surface area contributed by atoms with Gasteiger partial charge in [0, 0.05) is 29.3 Å². The number of nitrogens with one attached hydrogen (secondary N) is 1. The van der Waals surface area contributed by atoms with E-state index in [2.05, 4.69) is 46.2 Å². The molecule has 4 rings (SSSR count). The topological polar surface area (TPSA) is 15.3 Å². The molecule has 0 amide bonds. The zero-order chi connectivity index (χ0) is 14.1. The minimum Gasteiger partial charge on any atom is -0.316 e. The molecule has 1 aliphatic carbocycles. The molecule has 2 unspecified atom stereocenters. The molecule has 0 aromatic heterocycles. The molecule has 114 valence electrons. The molecule has 1 saturated carbocycles. The first kappa shape index (κ1) is 14.1. The summed E-state index contributed by atoms with van der Waals surface area (Å²) >= 11 is 2.11. The first-order valence-corrected chi connectivity index (χ1v) is 9.46. The molecule has 2 fully saturated rings. The monoisotopic (exact) mass is 302 g/mol. The van der Waals surface area contributed by atoms with E-state index in [1.807, 2.05) is 0 Å². The van der Waals surface area contributed by atoms with Gasteiger partial charge < -0.3 is 5.32 Å². The lowest BCUT2D eigenvalue weighted by Crippen LogP contribution is -2.41. The maximum atomic E-state index is 3.58. The Labute approximate surface area is 132 Å². The summed E-state index contributed by atoms with van der Waals surface area (Å²) in [6, 6.07) is 9.88. The van der Waals surface area contributed by atoms with Gasteiger partial charge in [-0.15, -0.1) is 11.8 Å². The van der Waals surface area contributed by atoms with Crippen molar-refractivity contribution in [3.63, 3.8) is 0 Å². The number of hydrogen-bond donors (Lipinski definition) is 1. The third kappa shape index (κ3) is 3.46. The average Bonchev–Trinajstić information content (AvgIpc) is 3.28. The van der Waals surface area contributed by atoms with Crippen LogP contribution in [-0.2, 0) is 6.42 Å². The van der Waals surface area contributed by atoms with Crippen LogP contribution < -0.4 is 5.32 Å². The van der Waals surface area contributed by atoms with Crippen molar-refractivity contribution in [2.75, 3.05) is 26.2 Å². The van der Waals surface area contributed by atoms with Gasteiger partial charge in [0.05, 0.1) is 0 Å². The Morgan fingerprint density at radius 2 is 2.05 bits per heavy atom. The van der Waals surface area contributed by atoms with Crippen LogP contribution in [0.2, 0.25) is 0 Å². The number of nitrogens with zero attached hydrogens (tertiary/aromatic N) is 1. The van der Waals surface area contributed by atoms with Crippen LogP contribution in [-0.4, -0.2) is 42.4 Å². The smallest absolute Gasteiger partial charge is 0.0263 e. The second-order valence-electron chi connectivity index (χ2n) is 6.95. The van der Waals surface area contributed by atoms with Crippen LogP contribution in [0.4, 0.5) is 0 Å². The summed E-state index contributed by atoms with van der Waals surface area (Å²) < 4.78 is 0. The predicted molar refractivity (Wildman–Crippen MR) is 90.0 cm³/mol. The number of rotatable bonds is 5. The van der Waals surface area contributed by atoms with Gasteiger partial charge in [0.1, 0.15) is 0 Å². The van der Waals surface area contributed by atoms with Gasteiger partial charge in [-0.2, -0.15) is 0 Å². The highest BCUT2D eigenvalue weighted by atomic mass is 32.2. The van der Waals surface area contributed by atoms with Crippen LogP contribution in [0.5, 0.6) is 0 Å². The van der Waals surface area contributed by atoms with Gasteiger partial charge in [-0.05, 0) is 62.7 Å². The van der Waals surface area contributed by atoms with E-state index in [1.54, 1.807) is 5.56 Å². The predicted octanol–water partition coefficient (Wildman–Crippen LogP) is 3.17. The molecule has 0 bridgehead atoms. The first-order valence-electron chi connectivity index (χ1n) is 8.58. The number of hydrogen-bond acceptors (Lipinski definition) is 3. The Kier molecular flexibility index (Phi) is 4.24. The minimum absolute atomic E-state index is 0.777. The zero-order valence-corrected chi connectivity index (χ0v) is 13.6. The highest BCUT2D eigenvalue weighted by molar-refractivity contribution is 8.00. The lowest BCUT2D eigenvalue weighted by Gasteiger charge is -2.31. The summed E-state index contributed by atoms with van der Waals surface area (Å²) in [5.41, 5.74) is 1.57.